The van der Waals surface area contributed by atoms with Crippen LogP contribution in [0, 0.1) is 5.41 Å². The summed E-state index contributed by atoms with van der Waals surface area (Å²) in [5, 5.41) is 9.65. The Hall–Kier alpha value is -3.35. The van der Waals surface area contributed by atoms with Gasteiger partial charge >= 0.3 is 6.09 Å². The molecule has 7 heteroatoms. The second-order valence-corrected chi connectivity index (χ2v) is 9.16. The molecule has 0 spiro atoms. The van der Waals surface area contributed by atoms with Crippen molar-refractivity contribution in [1.29, 1.82) is 5.41 Å². The average Bonchev–Trinajstić information content (AvgIpc) is 3.05. The molecular formula is C26H33N3O4. The van der Waals surface area contributed by atoms with Crippen molar-refractivity contribution in [1.82, 2.24) is 10.4 Å². The van der Waals surface area contributed by atoms with Gasteiger partial charge in [0.1, 0.15) is 11.4 Å². The molecule has 176 valence electrons. The van der Waals surface area contributed by atoms with Gasteiger partial charge in [0.25, 0.3) is 0 Å². The number of carbonyl (C=O) groups is 2. The van der Waals surface area contributed by atoms with Crippen LogP contribution in [0.2, 0.25) is 0 Å². The van der Waals surface area contributed by atoms with Gasteiger partial charge in [0.2, 0.25) is 6.41 Å². The number of fused-ring (bicyclic) bond motifs is 3. The zero-order valence-electron chi connectivity index (χ0n) is 19.6. The van der Waals surface area contributed by atoms with Crippen molar-refractivity contribution >= 4 is 18.2 Å². The van der Waals surface area contributed by atoms with Crippen LogP contribution in [0.1, 0.15) is 64.0 Å². The maximum atomic E-state index is 11.7. The number of benzene rings is 2. The molecule has 0 atom stereocenters. The van der Waals surface area contributed by atoms with E-state index in [1.807, 2.05) is 36.4 Å². The van der Waals surface area contributed by atoms with Gasteiger partial charge in [-0.05, 0) is 62.9 Å². The number of nitrogens with zero attached hydrogens (tertiary/aromatic N) is 1. The van der Waals surface area contributed by atoms with Crippen molar-refractivity contribution in [2.45, 2.75) is 58.5 Å². The molecule has 1 aliphatic carbocycles. The first kappa shape index (κ1) is 24.3. The molecule has 2 aromatic rings. The lowest BCUT2D eigenvalue weighted by atomic mass is 10.1. The van der Waals surface area contributed by atoms with E-state index < -0.39 is 11.7 Å². The second kappa shape index (κ2) is 11.0. The lowest BCUT2D eigenvalue weighted by molar-refractivity contribution is -0.121. The Morgan fingerprint density at radius 1 is 0.970 bits per heavy atom. The molecule has 2 amide bonds. The summed E-state index contributed by atoms with van der Waals surface area (Å²) in [4.78, 5) is 22.9. The first-order valence-electron chi connectivity index (χ1n) is 11.5. The Kier molecular flexibility index (Phi) is 8.09. The summed E-state index contributed by atoms with van der Waals surface area (Å²) >= 11 is 0. The van der Waals surface area contributed by atoms with Crippen molar-refractivity contribution in [2.24, 2.45) is 0 Å². The molecule has 0 saturated carbocycles. The van der Waals surface area contributed by atoms with Crippen LogP contribution in [0.15, 0.2) is 42.5 Å². The van der Waals surface area contributed by atoms with E-state index in [-0.39, 0.29) is 0 Å². The molecule has 7 nitrogen and oxygen atoms in total. The fraction of sp³-hybridized carbons (Fsp3) is 0.423. The van der Waals surface area contributed by atoms with Gasteiger partial charge in [-0.2, -0.15) is 0 Å². The third-order valence-electron chi connectivity index (χ3n) is 5.32. The van der Waals surface area contributed by atoms with Gasteiger partial charge in [0.05, 0.1) is 12.3 Å². The predicted octanol–water partition coefficient (Wildman–Crippen LogP) is 5.31. The molecule has 33 heavy (non-hydrogen) atoms. The first-order valence-corrected chi connectivity index (χ1v) is 11.5. The molecule has 2 aromatic carbocycles. The number of amides is 2. The molecule has 3 rings (SSSR count). The molecule has 0 saturated heterocycles. The highest BCUT2D eigenvalue weighted by Crippen LogP contribution is 2.38. The number of carbonyl (C=O) groups excluding carboxylic acids is 2. The maximum Gasteiger partial charge on any atom is 0.426 e. The summed E-state index contributed by atoms with van der Waals surface area (Å²) in [5.74, 6) is 0.793. The Bertz CT molecular complexity index is 997. The van der Waals surface area contributed by atoms with E-state index in [2.05, 4.69) is 11.5 Å². The van der Waals surface area contributed by atoms with Crippen LogP contribution in [0.3, 0.4) is 0 Å². The lowest BCUT2D eigenvalue weighted by Crippen LogP contribution is -2.44. The number of rotatable bonds is 11. The van der Waals surface area contributed by atoms with Crippen molar-refractivity contribution < 1.29 is 19.1 Å². The topological polar surface area (TPSA) is 91.7 Å². The summed E-state index contributed by atoms with van der Waals surface area (Å²) < 4.78 is 11.1. The number of hydrogen-bond acceptors (Lipinski definition) is 5. The van der Waals surface area contributed by atoms with Gasteiger partial charge < -0.3 is 9.47 Å². The van der Waals surface area contributed by atoms with Crippen molar-refractivity contribution in [3.8, 4) is 16.9 Å². The number of hydrogen-bond donors (Lipinski definition) is 2. The van der Waals surface area contributed by atoms with E-state index in [4.69, 9.17) is 14.9 Å². The minimum atomic E-state index is -0.627. The molecular weight excluding hydrogens is 418 g/mol. The third-order valence-corrected chi connectivity index (χ3v) is 5.32. The van der Waals surface area contributed by atoms with Crippen LogP contribution in [0.5, 0.6) is 5.75 Å². The van der Waals surface area contributed by atoms with Crippen LogP contribution in [0.25, 0.3) is 11.1 Å². The molecule has 0 heterocycles. The minimum Gasteiger partial charge on any atom is -0.494 e. The zero-order valence-corrected chi connectivity index (χ0v) is 19.6. The molecule has 0 bridgehead atoms. The van der Waals surface area contributed by atoms with Crippen LogP contribution in [-0.4, -0.2) is 42.0 Å². The smallest absolute Gasteiger partial charge is 0.426 e. The normalized spacial score (nSPS) is 12.0. The van der Waals surface area contributed by atoms with Crippen LogP contribution in [-0.2, 0) is 9.53 Å². The molecule has 0 radical (unpaired) electrons. The summed E-state index contributed by atoms with van der Waals surface area (Å²) in [6, 6.07) is 14.0. The number of hydrazine groups is 1. The minimum absolute atomic E-state index is 0.447. The van der Waals surface area contributed by atoms with E-state index in [0.717, 1.165) is 60.1 Å². The number of unbranched alkanes of at least 4 members (excludes halogenated alkanes) is 4. The number of nitrogens with one attached hydrogen (secondary N) is 2. The maximum absolute atomic E-state index is 11.7. The molecule has 0 unspecified atom stereocenters. The monoisotopic (exact) mass is 451 g/mol. The van der Waals surface area contributed by atoms with E-state index in [1.54, 1.807) is 20.8 Å². The summed E-state index contributed by atoms with van der Waals surface area (Å²) in [6.45, 7) is 6.39. The molecule has 2 N–H and O–H groups in total. The first-order chi connectivity index (χ1) is 15.8. The fourth-order valence-electron chi connectivity index (χ4n) is 3.79. The summed E-state index contributed by atoms with van der Waals surface area (Å²) in [5.41, 5.74) is 6.49. The molecule has 0 aromatic heterocycles. The van der Waals surface area contributed by atoms with E-state index >= 15 is 0 Å². The van der Waals surface area contributed by atoms with Crippen LogP contribution < -0.4 is 10.2 Å². The highest BCUT2D eigenvalue weighted by molar-refractivity contribution is 6.23. The SMILES string of the molecule is CC(C)(C)OC(=O)NN(C=O)CCCCCCCOc1ccc2c(c1)C(=N)c1ccccc1-2. The largest absolute Gasteiger partial charge is 0.494 e. The van der Waals surface area contributed by atoms with E-state index in [0.29, 0.717) is 25.3 Å². The van der Waals surface area contributed by atoms with Crippen molar-refractivity contribution in [3.05, 3.63) is 53.6 Å². The van der Waals surface area contributed by atoms with Crippen molar-refractivity contribution in [2.75, 3.05) is 13.2 Å². The molecule has 1 aliphatic rings. The van der Waals surface area contributed by atoms with Gasteiger partial charge in [-0.25, -0.2) is 10.2 Å². The van der Waals surface area contributed by atoms with Crippen molar-refractivity contribution in [3.63, 3.8) is 0 Å². The van der Waals surface area contributed by atoms with E-state index in [1.165, 1.54) is 5.01 Å². The predicted molar refractivity (Wildman–Crippen MR) is 129 cm³/mol. The van der Waals surface area contributed by atoms with Gasteiger partial charge in [-0.3, -0.25) is 15.2 Å². The average molecular weight is 452 g/mol. The lowest BCUT2D eigenvalue weighted by Gasteiger charge is -2.23. The number of ether oxygens (including phenoxy) is 2. The quantitative estimate of drug-likeness (QED) is 0.235. The van der Waals surface area contributed by atoms with Gasteiger partial charge in [-0.15, -0.1) is 0 Å². The Balaban J connectivity index is 1.31. The third kappa shape index (κ3) is 6.81. The van der Waals surface area contributed by atoms with Gasteiger partial charge in [0.15, 0.2) is 0 Å². The fourth-order valence-corrected chi connectivity index (χ4v) is 3.79. The van der Waals surface area contributed by atoms with Crippen LogP contribution >= 0.6 is 0 Å². The highest BCUT2D eigenvalue weighted by Gasteiger charge is 2.23. The Morgan fingerprint density at radius 3 is 2.36 bits per heavy atom. The van der Waals surface area contributed by atoms with Gasteiger partial charge in [0, 0.05) is 17.7 Å². The molecule has 0 aliphatic heterocycles. The summed E-state index contributed by atoms with van der Waals surface area (Å²) in [7, 11) is 0. The van der Waals surface area contributed by atoms with E-state index in [9.17, 15) is 9.59 Å². The molecule has 0 fully saturated rings. The Labute approximate surface area is 195 Å². The second-order valence-electron chi connectivity index (χ2n) is 9.16. The van der Waals surface area contributed by atoms with Crippen LogP contribution in [0.4, 0.5) is 4.79 Å². The zero-order chi connectivity index (χ0) is 23.8. The summed E-state index contributed by atoms with van der Waals surface area (Å²) in [6.07, 6.45) is 4.70. The highest BCUT2D eigenvalue weighted by atomic mass is 16.6. The standard InChI is InChI=1S/C26H33N3O4/c1-26(2,3)33-25(31)28-29(18-30)15-9-5-4-6-10-16-32-19-13-14-21-20-11-7-8-12-22(20)24(27)23(21)17-19/h7-8,11-14,17-18,27H,4-6,9-10,15-16H2,1-3H3,(H,28,31). The Morgan fingerprint density at radius 2 is 1.64 bits per heavy atom. The van der Waals surface area contributed by atoms with Gasteiger partial charge in [-0.1, -0.05) is 43.5 Å².